The Morgan fingerprint density at radius 2 is 2.15 bits per heavy atom. The minimum atomic E-state index is -0.122. The third-order valence-corrected chi connectivity index (χ3v) is 2.58. The topological polar surface area (TPSA) is 29.1 Å². The number of hydrogen-bond acceptors (Lipinski definition) is 1. The van der Waals surface area contributed by atoms with E-state index in [-0.39, 0.29) is 11.5 Å². The largest absolute Gasteiger partial charge is 0.355 e. The smallest absolute Gasteiger partial charge is 0.207 e. The quantitative estimate of drug-likeness (QED) is 0.517. The van der Waals surface area contributed by atoms with Crippen LogP contribution in [0.5, 0.6) is 0 Å². The second kappa shape index (κ2) is 3.83. The number of hydrogen-bond donors (Lipinski definition) is 1. The van der Waals surface area contributed by atoms with Gasteiger partial charge in [-0.1, -0.05) is 11.8 Å². The normalized spacial score (nSPS) is 18.4. The van der Waals surface area contributed by atoms with E-state index in [1.807, 2.05) is 6.92 Å². The molecule has 1 unspecified atom stereocenters. The molecule has 0 aromatic carbocycles. The van der Waals surface area contributed by atoms with Gasteiger partial charge in [0.2, 0.25) is 6.41 Å². The van der Waals surface area contributed by atoms with Gasteiger partial charge in [0.15, 0.2) is 0 Å². The molecule has 1 aliphatic carbocycles. The van der Waals surface area contributed by atoms with Crippen molar-refractivity contribution in [3.63, 3.8) is 0 Å². The molecule has 1 aliphatic rings. The number of carbonyl (C=O) groups is 1. The molecule has 1 saturated carbocycles. The second-order valence-corrected chi connectivity index (χ2v) is 4.27. The summed E-state index contributed by atoms with van der Waals surface area (Å²) in [5, 5.41) is 2.75. The molecule has 0 aromatic rings. The molecule has 0 heterocycles. The predicted octanol–water partition coefficient (Wildman–Crippen LogP) is 1.56. The van der Waals surface area contributed by atoms with Crippen molar-refractivity contribution in [2.24, 2.45) is 11.3 Å². The Morgan fingerprint density at radius 1 is 1.54 bits per heavy atom. The summed E-state index contributed by atoms with van der Waals surface area (Å²) in [6, 6.07) is 0.108. The summed E-state index contributed by atoms with van der Waals surface area (Å²) < 4.78 is 0. The molecule has 1 rings (SSSR count). The Bertz CT molecular complexity index is 243. The summed E-state index contributed by atoms with van der Waals surface area (Å²) >= 11 is 0. The molecule has 13 heavy (non-hydrogen) atoms. The zero-order valence-corrected chi connectivity index (χ0v) is 8.55. The van der Waals surface area contributed by atoms with E-state index < -0.39 is 0 Å². The maximum Gasteiger partial charge on any atom is 0.207 e. The van der Waals surface area contributed by atoms with E-state index in [1.165, 1.54) is 12.8 Å². The van der Waals surface area contributed by atoms with Crippen LogP contribution in [-0.2, 0) is 4.79 Å². The van der Waals surface area contributed by atoms with Crippen molar-refractivity contribution in [2.45, 2.75) is 39.7 Å². The summed E-state index contributed by atoms with van der Waals surface area (Å²) in [6.07, 6.45) is 3.24. The zero-order valence-electron chi connectivity index (χ0n) is 8.55. The molecule has 72 valence electrons. The Kier molecular flexibility index (Phi) is 2.98. The summed E-state index contributed by atoms with van der Waals surface area (Å²) in [7, 11) is 0. The van der Waals surface area contributed by atoms with E-state index in [4.69, 9.17) is 0 Å². The number of nitrogens with one attached hydrogen (secondary N) is 1. The number of carbonyl (C=O) groups excluding carboxylic acids is 1. The minimum absolute atomic E-state index is 0.108. The average Bonchev–Trinajstić information content (AvgIpc) is 2.84. The molecule has 0 radical (unpaired) electrons. The first kappa shape index (κ1) is 10.1. The van der Waals surface area contributed by atoms with Crippen LogP contribution in [-0.4, -0.2) is 12.5 Å². The van der Waals surface area contributed by atoms with E-state index in [0.717, 1.165) is 6.41 Å². The van der Waals surface area contributed by atoms with Crippen LogP contribution < -0.4 is 5.32 Å². The molecule has 1 amide bonds. The fourth-order valence-corrected chi connectivity index (χ4v) is 0.934. The van der Waals surface area contributed by atoms with Crippen LogP contribution in [0.2, 0.25) is 0 Å². The molecule has 1 atom stereocenters. The second-order valence-electron chi connectivity index (χ2n) is 4.27. The highest BCUT2D eigenvalue weighted by atomic mass is 16.1. The van der Waals surface area contributed by atoms with E-state index in [0.29, 0.717) is 5.92 Å². The first-order valence-corrected chi connectivity index (χ1v) is 4.78. The van der Waals surface area contributed by atoms with Gasteiger partial charge in [0, 0.05) is 17.4 Å². The van der Waals surface area contributed by atoms with Gasteiger partial charge in [-0.2, -0.15) is 0 Å². The molecular formula is C11H17NO. The molecule has 0 saturated heterocycles. The van der Waals surface area contributed by atoms with Gasteiger partial charge in [-0.05, 0) is 33.6 Å². The van der Waals surface area contributed by atoms with Crippen molar-refractivity contribution in [3.8, 4) is 11.8 Å². The zero-order chi connectivity index (χ0) is 9.90. The van der Waals surface area contributed by atoms with Crippen molar-refractivity contribution in [1.29, 1.82) is 0 Å². The lowest BCUT2D eigenvalue weighted by molar-refractivity contribution is -0.110. The van der Waals surface area contributed by atoms with Gasteiger partial charge in [0.05, 0.1) is 0 Å². The molecule has 0 aliphatic heterocycles. The van der Waals surface area contributed by atoms with Gasteiger partial charge in [-0.25, -0.2) is 0 Å². The molecule has 2 nitrogen and oxygen atoms in total. The van der Waals surface area contributed by atoms with Gasteiger partial charge in [-0.15, -0.1) is 0 Å². The van der Waals surface area contributed by atoms with Crippen molar-refractivity contribution < 1.29 is 4.79 Å². The van der Waals surface area contributed by atoms with Gasteiger partial charge < -0.3 is 5.32 Å². The molecule has 2 heteroatoms. The Balaban J connectivity index is 2.52. The first-order chi connectivity index (χ1) is 6.06. The summed E-state index contributed by atoms with van der Waals surface area (Å²) in [5.41, 5.74) is -0.122. The van der Waals surface area contributed by atoms with E-state index >= 15 is 0 Å². The SMILES string of the molecule is CC(NC=O)C(C)(C)C#CC1CC1. The molecule has 0 aromatic heterocycles. The predicted molar refractivity (Wildman–Crippen MR) is 52.9 cm³/mol. The highest BCUT2D eigenvalue weighted by Gasteiger charge is 2.24. The number of amides is 1. The van der Waals surface area contributed by atoms with Crippen molar-refractivity contribution in [3.05, 3.63) is 0 Å². The molecule has 0 bridgehead atoms. The van der Waals surface area contributed by atoms with Gasteiger partial charge >= 0.3 is 0 Å². The van der Waals surface area contributed by atoms with E-state index in [9.17, 15) is 4.79 Å². The standard InChI is InChI=1S/C11H17NO/c1-9(12-8-13)11(2,3)7-6-10-4-5-10/h8-10H,4-5H2,1-3H3,(H,12,13). The molecule has 1 fully saturated rings. The Hall–Kier alpha value is -0.970. The lowest BCUT2D eigenvalue weighted by Gasteiger charge is -2.25. The fraction of sp³-hybridized carbons (Fsp3) is 0.727. The highest BCUT2D eigenvalue weighted by Crippen LogP contribution is 2.29. The van der Waals surface area contributed by atoms with Crippen LogP contribution in [0.3, 0.4) is 0 Å². The Morgan fingerprint density at radius 3 is 2.62 bits per heavy atom. The summed E-state index contributed by atoms with van der Waals surface area (Å²) in [4.78, 5) is 10.3. The minimum Gasteiger partial charge on any atom is -0.355 e. The number of rotatable bonds is 3. The first-order valence-electron chi connectivity index (χ1n) is 4.78. The maximum absolute atomic E-state index is 10.3. The highest BCUT2D eigenvalue weighted by molar-refractivity contribution is 5.47. The molecule has 1 N–H and O–H groups in total. The average molecular weight is 179 g/mol. The van der Waals surface area contributed by atoms with Gasteiger partial charge in [0.25, 0.3) is 0 Å². The van der Waals surface area contributed by atoms with Crippen LogP contribution >= 0.6 is 0 Å². The van der Waals surface area contributed by atoms with Crippen LogP contribution in [0.4, 0.5) is 0 Å². The van der Waals surface area contributed by atoms with Crippen LogP contribution in [0.1, 0.15) is 33.6 Å². The molecule has 0 spiro atoms. The lowest BCUT2D eigenvalue weighted by Crippen LogP contribution is -2.37. The Labute approximate surface area is 80.1 Å². The third kappa shape index (κ3) is 3.10. The van der Waals surface area contributed by atoms with E-state index in [2.05, 4.69) is 31.0 Å². The summed E-state index contributed by atoms with van der Waals surface area (Å²) in [6.45, 7) is 6.10. The van der Waals surface area contributed by atoms with Gasteiger partial charge in [-0.3, -0.25) is 4.79 Å². The fourth-order valence-electron chi connectivity index (χ4n) is 0.934. The summed E-state index contributed by atoms with van der Waals surface area (Å²) in [5.74, 6) is 7.09. The third-order valence-electron chi connectivity index (χ3n) is 2.58. The van der Waals surface area contributed by atoms with E-state index in [1.54, 1.807) is 0 Å². The molecular weight excluding hydrogens is 162 g/mol. The van der Waals surface area contributed by atoms with Crippen molar-refractivity contribution >= 4 is 6.41 Å². The van der Waals surface area contributed by atoms with Crippen LogP contribution in [0.25, 0.3) is 0 Å². The van der Waals surface area contributed by atoms with Gasteiger partial charge in [0.1, 0.15) is 0 Å². The van der Waals surface area contributed by atoms with Crippen LogP contribution in [0, 0.1) is 23.2 Å². The lowest BCUT2D eigenvalue weighted by atomic mass is 9.86. The van der Waals surface area contributed by atoms with Crippen molar-refractivity contribution in [1.82, 2.24) is 5.32 Å². The van der Waals surface area contributed by atoms with Crippen LogP contribution in [0.15, 0.2) is 0 Å². The van der Waals surface area contributed by atoms with Crippen molar-refractivity contribution in [2.75, 3.05) is 0 Å². The monoisotopic (exact) mass is 179 g/mol. The maximum atomic E-state index is 10.3.